The van der Waals surface area contributed by atoms with Crippen LogP contribution in [0.2, 0.25) is 0 Å². The van der Waals surface area contributed by atoms with Crippen LogP contribution >= 0.6 is 0 Å². The number of rotatable bonds is 8. The summed E-state index contributed by atoms with van der Waals surface area (Å²) >= 11 is 0. The summed E-state index contributed by atoms with van der Waals surface area (Å²) in [4.78, 5) is 24.7. The van der Waals surface area contributed by atoms with E-state index in [0.29, 0.717) is 28.7 Å². The zero-order chi connectivity index (χ0) is 21.8. The van der Waals surface area contributed by atoms with E-state index in [2.05, 4.69) is 17.6 Å². The van der Waals surface area contributed by atoms with Gasteiger partial charge in [0.2, 0.25) is 0 Å². The summed E-state index contributed by atoms with van der Waals surface area (Å²) in [6.45, 7) is 2.01. The Labute approximate surface area is 183 Å². The quantitative estimate of drug-likeness (QED) is 0.666. The van der Waals surface area contributed by atoms with Crippen molar-refractivity contribution in [2.75, 3.05) is 19.0 Å². The van der Waals surface area contributed by atoms with Crippen LogP contribution in [0.15, 0.2) is 48.5 Å². The fraction of sp³-hybridized carbons (Fsp3) is 0.440. The lowest BCUT2D eigenvalue weighted by Gasteiger charge is -2.28. The fourth-order valence-electron chi connectivity index (χ4n) is 5.05. The fourth-order valence-corrected chi connectivity index (χ4v) is 5.05. The molecule has 0 saturated heterocycles. The SMILES string of the molecule is COc1cccc(NC(=O)COc2ccc(C(=O)NC(C)C3CC4CCC3C4)cc2)c1. The highest BCUT2D eigenvalue weighted by atomic mass is 16.5. The number of amides is 2. The van der Waals surface area contributed by atoms with Crippen molar-refractivity contribution in [3.05, 3.63) is 54.1 Å². The lowest BCUT2D eigenvalue weighted by molar-refractivity contribution is -0.118. The van der Waals surface area contributed by atoms with Crippen molar-refractivity contribution in [2.24, 2.45) is 17.8 Å². The molecule has 0 aromatic heterocycles. The first-order chi connectivity index (χ1) is 15.0. The number of methoxy groups -OCH3 is 1. The summed E-state index contributed by atoms with van der Waals surface area (Å²) in [5, 5.41) is 5.94. The molecule has 2 bridgehead atoms. The van der Waals surface area contributed by atoms with Crippen molar-refractivity contribution >= 4 is 17.5 Å². The summed E-state index contributed by atoms with van der Waals surface area (Å²) in [6.07, 6.45) is 5.26. The average molecular weight is 423 g/mol. The monoisotopic (exact) mass is 422 g/mol. The largest absolute Gasteiger partial charge is 0.497 e. The third kappa shape index (κ3) is 5.19. The molecule has 0 radical (unpaired) electrons. The molecule has 2 saturated carbocycles. The standard InChI is InChI=1S/C25H30N2O4/c1-16(23-13-17-6-7-19(23)12-17)26-25(29)18-8-10-21(11-9-18)31-15-24(28)27-20-4-3-5-22(14-20)30-2/h3-5,8-11,14,16-17,19,23H,6-7,12-13,15H2,1-2H3,(H,26,29)(H,27,28). The molecule has 4 rings (SSSR count). The van der Waals surface area contributed by atoms with Gasteiger partial charge in [-0.1, -0.05) is 12.5 Å². The van der Waals surface area contributed by atoms with Crippen LogP contribution in [0.5, 0.6) is 11.5 Å². The number of hydrogen-bond acceptors (Lipinski definition) is 4. The second-order valence-corrected chi connectivity index (χ2v) is 8.69. The van der Waals surface area contributed by atoms with Crippen LogP contribution in [-0.4, -0.2) is 31.6 Å². The first-order valence-corrected chi connectivity index (χ1v) is 11.0. The highest BCUT2D eigenvalue weighted by Gasteiger charge is 2.42. The van der Waals surface area contributed by atoms with Crippen LogP contribution in [0.25, 0.3) is 0 Å². The smallest absolute Gasteiger partial charge is 0.262 e. The Morgan fingerprint density at radius 1 is 1.06 bits per heavy atom. The predicted molar refractivity (Wildman–Crippen MR) is 119 cm³/mol. The van der Waals surface area contributed by atoms with Crippen LogP contribution in [0.4, 0.5) is 5.69 Å². The lowest BCUT2D eigenvalue weighted by atomic mass is 9.84. The topological polar surface area (TPSA) is 76.7 Å². The van der Waals surface area contributed by atoms with Crippen LogP contribution in [0.1, 0.15) is 43.0 Å². The molecule has 0 spiro atoms. The van der Waals surface area contributed by atoms with E-state index < -0.39 is 0 Å². The van der Waals surface area contributed by atoms with E-state index in [4.69, 9.17) is 9.47 Å². The molecular formula is C25H30N2O4. The second-order valence-electron chi connectivity index (χ2n) is 8.69. The minimum absolute atomic E-state index is 0.0578. The van der Waals surface area contributed by atoms with Gasteiger partial charge in [0.25, 0.3) is 11.8 Å². The lowest BCUT2D eigenvalue weighted by Crippen LogP contribution is -2.40. The van der Waals surface area contributed by atoms with Gasteiger partial charge >= 0.3 is 0 Å². The molecule has 4 atom stereocenters. The van der Waals surface area contributed by atoms with Gasteiger partial charge in [-0.05, 0) is 80.3 Å². The maximum Gasteiger partial charge on any atom is 0.262 e. The van der Waals surface area contributed by atoms with E-state index >= 15 is 0 Å². The molecule has 2 aliphatic rings. The van der Waals surface area contributed by atoms with Gasteiger partial charge in [0, 0.05) is 23.4 Å². The van der Waals surface area contributed by atoms with E-state index in [1.54, 1.807) is 49.6 Å². The molecule has 0 heterocycles. The molecular weight excluding hydrogens is 392 g/mol. The Kier molecular flexibility index (Phi) is 6.44. The molecule has 2 amide bonds. The van der Waals surface area contributed by atoms with Crippen LogP contribution in [0, 0.1) is 17.8 Å². The Morgan fingerprint density at radius 2 is 1.87 bits per heavy atom. The summed E-state index contributed by atoms with van der Waals surface area (Å²) < 4.78 is 10.7. The third-order valence-electron chi connectivity index (χ3n) is 6.63. The number of anilines is 1. The molecule has 164 valence electrons. The summed E-state index contributed by atoms with van der Waals surface area (Å²) in [5.41, 5.74) is 1.24. The zero-order valence-corrected chi connectivity index (χ0v) is 18.1. The van der Waals surface area contributed by atoms with Gasteiger partial charge in [-0.25, -0.2) is 0 Å². The van der Waals surface area contributed by atoms with Gasteiger partial charge in [0.05, 0.1) is 7.11 Å². The minimum Gasteiger partial charge on any atom is -0.497 e. The zero-order valence-electron chi connectivity index (χ0n) is 18.1. The van der Waals surface area contributed by atoms with Crippen molar-refractivity contribution < 1.29 is 19.1 Å². The summed E-state index contributed by atoms with van der Waals surface area (Å²) in [7, 11) is 1.58. The molecule has 2 fully saturated rings. The van der Waals surface area contributed by atoms with E-state index in [0.717, 1.165) is 11.8 Å². The highest BCUT2D eigenvalue weighted by molar-refractivity contribution is 5.94. The number of ether oxygens (including phenoxy) is 2. The van der Waals surface area contributed by atoms with Crippen LogP contribution in [-0.2, 0) is 4.79 Å². The normalized spacial score (nSPS) is 22.6. The van der Waals surface area contributed by atoms with Crippen molar-refractivity contribution in [3.63, 3.8) is 0 Å². The maximum atomic E-state index is 12.6. The number of carbonyl (C=O) groups excluding carboxylic acids is 2. The van der Waals surface area contributed by atoms with Gasteiger partial charge in [-0.2, -0.15) is 0 Å². The van der Waals surface area contributed by atoms with Crippen molar-refractivity contribution in [1.82, 2.24) is 5.32 Å². The average Bonchev–Trinajstić information content (AvgIpc) is 3.42. The molecule has 6 nitrogen and oxygen atoms in total. The van der Waals surface area contributed by atoms with Crippen molar-refractivity contribution in [2.45, 2.75) is 38.6 Å². The van der Waals surface area contributed by atoms with E-state index in [1.165, 1.54) is 25.7 Å². The van der Waals surface area contributed by atoms with Gasteiger partial charge < -0.3 is 20.1 Å². The first-order valence-electron chi connectivity index (χ1n) is 11.0. The number of carbonyl (C=O) groups is 2. The second kappa shape index (κ2) is 9.41. The van der Waals surface area contributed by atoms with E-state index in [1.807, 2.05) is 6.07 Å². The first kappa shape index (κ1) is 21.2. The van der Waals surface area contributed by atoms with Gasteiger partial charge in [-0.15, -0.1) is 0 Å². The number of fused-ring (bicyclic) bond motifs is 2. The molecule has 2 N–H and O–H groups in total. The minimum atomic E-state index is -0.269. The van der Waals surface area contributed by atoms with Crippen LogP contribution < -0.4 is 20.1 Å². The van der Waals surface area contributed by atoms with Gasteiger partial charge in [0.15, 0.2) is 6.61 Å². The molecule has 2 aliphatic carbocycles. The van der Waals surface area contributed by atoms with Gasteiger partial charge in [-0.3, -0.25) is 9.59 Å². The van der Waals surface area contributed by atoms with Crippen molar-refractivity contribution in [1.29, 1.82) is 0 Å². The third-order valence-corrected chi connectivity index (χ3v) is 6.63. The maximum absolute atomic E-state index is 12.6. The summed E-state index contributed by atoms with van der Waals surface area (Å²) in [6, 6.07) is 14.2. The molecule has 2 aromatic carbocycles. The molecule has 0 aliphatic heterocycles. The van der Waals surface area contributed by atoms with Crippen LogP contribution in [0.3, 0.4) is 0 Å². The molecule has 2 aromatic rings. The van der Waals surface area contributed by atoms with Crippen molar-refractivity contribution in [3.8, 4) is 11.5 Å². The number of benzene rings is 2. The predicted octanol–water partition coefficient (Wildman–Crippen LogP) is 4.27. The van der Waals surface area contributed by atoms with E-state index in [-0.39, 0.29) is 24.5 Å². The Hall–Kier alpha value is -3.02. The Bertz CT molecular complexity index is 927. The van der Waals surface area contributed by atoms with E-state index in [9.17, 15) is 9.59 Å². The molecule has 4 unspecified atom stereocenters. The molecule has 31 heavy (non-hydrogen) atoms. The molecule has 6 heteroatoms. The Morgan fingerprint density at radius 3 is 2.55 bits per heavy atom. The highest BCUT2D eigenvalue weighted by Crippen LogP contribution is 2.49. The Balaban J connectivity index is 1.24. The summed E-state index contributed by atoms with van der Waals surface area (Å²) in [5.74, 6) is 3.13. The van der Waals surface area contributed by atoms with Gasteiger partial charge in [0.1, 0.15) is 11.5 Å². The number of nitrogens with one attached hydrogen (secondary N) is 2. The number of hydrogen-bond donors (Lipinski definition) is 2.